The number of hydrogen-bond acceptors (Lipinski definition) is 3. The Hall–Kier alpha value is -2.17. The van der Waals surface area contributed by atoms with Crippen molar-refractivity contribution in [3.05, 3.63) is 29.5 Å². The van der Waals surface area contributed by atoms with Crippen LogP contribution in [0.2, 0.25) is 0 Å². The highest BCUT2D eigenvalue weighted by molar-refractivity contribution is 5.95. The van der Waals surface area contributed by atoms with Gasteiger partial charge in [0.1, 0.15) is 5.69 Å². The van der Waals surface area contributed by atoms with Gasteiger partial charge in [-0.15, -0.1) is 0 Å². The van der Waals surface area contributed by atoms with Crippen LogP contribution in [0, 0.1) is 0 Å². The van der Waals surface area contributed by atoms with Crippen molar-refractivity contribution in [3.63, 3.8) is 0 Å². The summed E-state index contributed by atoms with van der Waals surface area (Å²) in [7, 11) is 0. The fourth-order valence-corrected chi connectivity index (χ4v) is 1.46. The highest BCUT2D eigenvalue weighted by Crippen LogP contribution is 2.16. The SMILES string of the molecule is O=Cc1n[nH]c2ccc(CC(=O)O)cc12. The van der Waals surface area contributed by atoms with Crippen LogP contribution in [0.3, 0.4) is 0 Å². The van der Waals surface area contributed by atoms with E-state index in [1.807, 2.05) is 0 Å². The van der Waals surface area contributed by atoms with Crippen molar-refractivity contribution in [3.8, 4) is 0 Å². The molecule has 2 N–H and O–H groups in total. The van der Waals surface area contributed by atoms with Crippen LogP contribution in [0.15, 0.2) is 18.2 Å². The summed E-state index contributed by atoms with van der Waals surface area (Å²) >= 11 is 0. The number of rotatable bonds is 3. The van der Waals surface area contributed by atoms with E-state index < -0.39 is 5.97 Å². The molecule has 0 aliphatic heterocycles. The van der Waals surface area contributed by atoms with Gasteiger partial charge < -0.3 is 5.11 Å². The number of carbonyl (C=O) groups excluding carboxylic acids is 1. The lowest BCUT2D eigenvalue weighted by Crippen LogP contribution is -1.99. The van der Waals surface area contributed by atoms with Gasteiger partial charge in [0.05, 0.1) is 11.9 Å². The van der Waals surface area contributed by atoms with Gasteiger partial charge in [-0.3, -0.25) is 14.7 Å². The van der Waals surface area contributed by atoms with E-state index in [0.717, 1.165) is 5.52 Å². The van der Waals surface area contributed by atoms with E-state index in [9.17, 15) is 9.59 Å². The Balaban J connectivity index is 2.52. The van der Waals surface area contributed by atoms with Gasteiger partial charge in [0.25, 0.3) is 0 Å². The lowest BCUT2D eigenvalue weighted by Gasteiger charge is -1.96. The number of aldehydes is 1. The van der Waals surface area contributed by atoms with Gasteiger partial charge in [-0.2, -0.15) is 5.10 Å². The summed E-state index contributed by atoms with van der Waals surface area (Å²) in [4.78, 5) is 21.1. The van der Waals surface area contributed by atoms with Crippen LogP contribution in [0.4, 0.5) is 0 Å². The van der Waals surface area contributed by atoms with Crippen molar-refractivity contribution in [2.24, 2.45) is 0 Å². The number of nitrogens with zero attached hydrogens (tertiary/aromatic N) is 1. The molecule has 2 aromatic rings. The van der Waals surface area contributed by atoms with Crippen molar-refractivity contribution in [1.29, 1.82) is 0 Å². The average molecular weight is 204 g/mol. The summed E-state index contributed by atoms with van der Waals surface area (Å²) in [5, 5.41) is 15.8. The first-order valence-electron chi connectivity index (χ1n) is 4.34. The second-order valence-corrected chi connectivity index (χ2v) is 3.18. The number of carboxylic acid groups (broad SMARTS) is 1. The lowest BCUT2D eigenvalue weighted by atomic mass is 10.1. The summed E-state index contributed by atoms with van der Waals surface area (Å²) in [5.74, 6) is -0.898. The monoisotopic (exact) mass is 204 g/mol. The summed E-state index contributed by atoms with van der Waals surface area (Å²) in [6.45, 7) is 0. The van der Waals surface area contributed by atoms with Crippen LogP contribution in [-0.2, 0) is 11.2 Å². The van der Waals surface area contributed by atoms with E-state index >= 15 is 0 Å². The maximum absolute atomic E-state index is 10.6. The molecule has 15 heavy (non-hydrogen) atoms. The Morgan fingerprint density at radius 1 is 1.53 bits per heavy atom. The first-order valence-corrected chi connectivity index (χ1v) is 4.34. The Labute approximate surface area is 84.7 Å². The van der Waals surface area contributed by atoms with Gasteiger partial charge in [-0.25, -0.2) is 0 Å². The van der Waals surface area contributed by atoms with Gasteiger partial charge in [0, 0.05) is 5.39 Å². The van der Waals surface area contributed by atoms with Gasteiger partial charge in [-0.1, -0.05) is 6.07 Å². The summed E-state index contributed by atoms with van der Waals surface area (Å²) < 4.78 is 0. The number of carbonyl (C=O) groups is 2. The molecule has 5 nitrogen and oxygen atoms in total. The molecule has 5 heteroatoms. The largest absolute Gasteiger partial charge is 0.481 e. The zero-order valence-electron chi connectivity index (χ0n) is 7.73. The number of aromatic amines is 1. The topological polar surface area (TPSA) is 83.0 Å². The molecule has 0 bridgehead atoms. The van der Waals surface area contributed by atoms with Crippen LogP contribution >= 0.6 is 0 Å². The molecule has 0 spiro atoms. The van der Waals surface area contributed by atoms with Gasteiger partial charge in [0.15, 0.2) is 6.29 Å². The lowest BCUT2D eigenvalue weighted by molar-refractivity contribution is -0.136. The third kappa shape index (κ3) is 1.71. The van der Waals surface area contributed by atoms with Crippen LogP contribution in [0.5, 0.6) is 0 Å². The molecule has 1 aromatic heterocycles. The highest BCUT2D eigenvalue weighted by Gasteiger charge is 2.07. The maximum Gasteiger partial charge on any atom is 0.307 e. The standard InChI is InChI=1S/C10H8N2O3/c13-5-9-7-3-6(4-10(14)15)1-2-8(7)11-12-9/h1-3,5H,4H2,(H,11,12)(H,14,15). The molecule has 0 radical (unpaired) electrons. The second kappa shape index (κ2) is 3.53. The molecule has 0 saturated carbocycles. The molecule has 0 aliphatic carbocycles. The zero-order valence-corrected chi connectivity index (χ0v) is 7.73. The summed E-state index contributed by atoms with van der Waals surface area (Å²) in [6.07, 6.45) is 0.586. The Kier molecular flexibility index (Phi) is 2.21. The molecule has 1 aromatic carbocycles. The predicted molar refractivity (Wildman–Crippen MR) is 52.8 cm³/mol. The first-order chi connectivity index (χ1) is 7.20. The number of benzene rings is 1. The van der Waals surface area contributed by atoms with Crippen molar-refractivity contribution >= 4 is 23.2 Å². The molecule has 0 atom stereocenters. The summed E-state index contributed by atoms with van der Waals surface area (Å²) in [6, 6.07) is 5.08. The van der Waals surface area contributed by atoms with E-state index in [-0.39, 0.29) is 6.42 Å². The molecular formula is C10H8N2O3. The zero-order chi connectivity index (χ0) is 10.8. The minimum Gasteiger partial charge on any atom is -0.481 e. The molecular weight excluding hydrogens is 196 g/mol. The van der Waals surface area contributed by atoms with E-state index in [1.165, 1.54) is 0 Å². The van der Waals surface area contributed by atoms with Gasteiger partial charge in [0.2, 0.25) is 0 Å². The number of aliphatic carboxylic acids is 1. The number of H-pyrrole nitrogens is 1. The molecule has 2 rings (SSSR count). The maximum atomic E-state index is 10.6. The molecule has 0 unspecified atom stereocenters. The molecule has 0 fully saturated rings. The third-order valence-electron chi connectivity index (χ3n) is 2.12. The Morgan fingerprint density at radius 3 is 3.00 bits per heavy atom. The smallest absolute Gasteiger partial charge is 0.307 e. The van der Waals surface area contributed by atoms with Crippen LogP contribution in [-0.4, -0.2) is 27.6 Å². The second-order valence-electron chi connectivity index (χ2n) is 3.18. The number of hydrogen-bond donors (Lipinski definition) is 2. The first kappa shape index (κ1) is 9.39. The number of fused-ring (bicyclic) bond motifs is 1. The van der Waals surface area contributed by atoms with E-state index in [1.54, 1.807) is 18.2 Å². The predicted octanol–water partition coefficient (Wildman–Crippen LogP) is 1.00. The molecule has 1 heterocycles. The summed E-state index contributed by atoms with van der Waals surface area (Å²) in [5.41, 5.74) is 1.68. The Bertz CT molecular complexity index is 530. The average Bonchev–Trinajstić information content (AvgIpc) is 2.59. The molecule has 0 amide bonds. The van der Waals surface area contributed by atoms with Crippen molar-refractivity contribution in [2.75, 3.05) is 0 Å². The number of aromatic nitrogens is 2. The fourth-order valence-electron chi connectivity index (χ4n) is 1.46. The fraction of sp³-hybridized carbons (Fsp3) is 0.100. The van der Waals surface area contributed by atoms with Crippen LogP contribution in [0.25, 0.3) is 10.9 Å². The number of carboxylic acids is 1. The van der Waals surface area contributed by atoms with E-state index in [4.69, 9.17) is 5.11 Å². The third-order valence-corrected chi connectivity index (χ3v) is 2.12. The number of nitrogens with one attached hydrogen (secondary N) is 1. The van der Waals surface area contributed by atoms with Crippen molar-refractivity contribution in [1.82, 2.24) is 10.2 Å². The normalized spacial score (nSPS) is 10.4. The minimum atomic E-state index is -0.898. The van der Waals surface area contributed by atoms with Crippen molar-refractivity contribution < 1.29 is 14.7 Å². The minimum absolute atomic E-state index is 0.0561. The van der Waals surface area contributed by atoms with Crippen molar-refractivity contribution in [2.45, 2.75) is 6.42 Å². The molecule has 0 aliphatic rings. The van der Waals surface area contributed by atoms with Crippen LogP contribution in [0.1, 0.15) is 16.1 Å². The Morgan fingerprint density at radius 2 is 2.33 bits per heavy atom. The quantitative estimate of drug-likeness (QED) is 0.730. The molecule has 76 valence electrons. The van der Waals surface area contributed by atoms with Gasteiger partial charge in [-0.05, 0) is 17.7 Å². The van der Waals surface area contributed by atoms with Gasteiger partial charge >= 0.3 is 5.97 Å². The van der Waals surface area contributed by atoms with E-state index in [2.05, 4.69) is 10.2 Å². The molecule has 0 saturated heterocycles. The van der Waals surface area contributed by atoms with Crippen LogP contribution < -0.4 is 0 Å². The highest BCUT2D eigenvalue weighted by atomic mass is 16.4. The van der Waals surface area contributed by atoms with E-state index in [0.29, 0.717) is 22.9 Å².